The van der Waals surface area contributed by atoms with Crippen LogP contribution in [0.3, 0.4) is 0 Å². The van der Waals surface area contributed by atoms with Crippen molar-refractivity contribution >= 4 is 62.3 Å². The summed E-state index contributed by atoms with van der Waals surface area (Å²) in [7, 11) is 0. The van der Waals surface area contributed by atoms with Crippen molar-refractivity contribution in [2.24, 2.45) is 0 Å². The molecule has 0 aliphatic heterocycles. The molecule has 0 aromatic rings. The second kappa shape index (κ2) is 5.67. The quantitative estimate of drug-likeness (QED) is 0.607. The van der Waals surface area contributed by atoms with Crippen LogP contribution >= 0.6 is 62.3 Å². The fourth-order valence-electron chi connectivity index (χ4n) is 0.352. The molecule has 1 atom stereocenters. The number of hydroxylamine groups is 2. The molecule has 0 saturated carbocycles. The van der Waals surface area contributed by atoms with Gasteiger partial charge in [0.15, 0.2) is 4.49 Å². The van der Waals surface area contributed by atoms with Gasteiger partial charge in [0.25, 0.3) is 0 Å². The molecule has 8 heteroatoms. The molecule has 0 saturated heterocycles. The Labute approximate surface area is 96.8 Å². The van der Waals surface area contributed by atoms with Crippen molar-refractivity contribution in [1.82, 2.24) is 0 Å². The lowest BCUT2D eigenvalue weighted by atomic mass is 10.5. The number of nitrogens with one attached hydrogen (secondary N) is 1. The Balaban J connectivity index is 5.07. The predicted octanol–water partition coefficient (Wildman–Crippen LogP) is 2.45. The Bertz CT molecular complexity index is 231. The molecule has 0 fully saturated rings. The second-order valence-corrected chi connectivity index (χ2v) is 4.47. The zero-order chi connectivity index (χ0) is 9.89. The number of allylic oxidation sites excluding steroid dienone is 1. The zero-order valence-electron chi connectivity index (χ0n) is 5.25. The highest BCUT2D eigenvalue weighted by atomic mass is 79.9. The molecular formula is C4H2BrCl4NO2. The summed E-state index contributed by atoms with van der Waals surface area (Å²) in [6.07, 6.45) is 0. The van der Waals surface area contributed by atoms with Crippen molar-refractivity contribution < 1.29 is 10.4 Å². The first-order chi connectivity index (χ1) is 5.37. The van der Waals surface area contributed by atoms with Gasteiger partial charge in [0, 0.05) is 0 Å². The summed E-state index contributed by atoms with van der Waals surface area (Å²) < 4.78 is -0.523. The number of quaternary nitrogens is 1. The molecule has 0 aliphatic rings. The molecule has 0 spiro atoms. The van der Waals surface area contributed by atoms with E-state index in [1.807, 2.05) is 0 Å². The van der Waals surface area contributed by atoms with Crippen LogP contribution in [0.15, 0.2) is 19.2 Å². The molecule has 2 N–H and O–H groups in total. The van der Waals surface area contributed by atoms with Crippen LogP contribution in [-0.4, -0.2) is 5.21 Å². The monoisotopic (exact) mass is 315 g/mol. The molecule has 0 heterocycles. The summed E-state index contributed by atoms with van der Waals surface area (Å²) in [5.74, 6) is 0. The first-order valence-corrected chi connectivity index (χ1v) is 4.68. The maximum atomic E-state index is 10.5. The average Bonchev–Trinajstić information content (AvgIpc) is 1.85. The van der Waals surface area contributed by atoms with E-state index in [-0.39, 0.29) is 8.97 Å². The van der Waals surface area contributed by atoms with E-state index in [9.17, 15) is 5.21 Å². The minimum absolute atomic E-state index is 0.0691. The van der Waals surface area contributed by atoms with Crippen molar-refractivity contribution in [3.8, 4) is 0 Å². The summed E-state index contributed by atoms with van der Waals surface area (Å²) >= 11 is 24.1. The van der Waals surface area contributed by atoms with Gasteiger partial charge in [-0.1, -0.05) is 46.4 Å². The van der Waals surface area contributed by atoms with Crippen molar-refractivity contribution in [3.63, 3.8) is 0 Å². The maximum absolute atomic E-state index is 10.5. The maximum Gasteiger partial charge on any atom is 0.215 e. The van der Waals surface area contributed by atoms with Crippen LogP contribution in [0.2, 0.25) is 0 Å². The van der Waals surface area contributed by atoms with E-state index in [1.54, 1.807) is 0 Å². The van der Waals surface area contributed by atoms with Gasteiger partial charge in [0.2, 0.25) is 5.70 Å². The van der Waals surface area contributed by atoms with Gasteiger partial charge < -0.3 is 5.21 Å². The number of halogens is 5. The largest absolute Gasteiger partial charge is 0.595 e. The third-order valence-electron chi connectivity index (χ3n) is 0.788. The van der Waals surface area contributed by atoms with Gasteiger partial charge >= 0.3 is 0 Å². The van der Waals surface area contributed by atoms with Crippen molar-refractivity contribution in [3.05, 3.63) is 24.4 Å². The first-order valence-electron chi connectivity index (χ1n) is 2.37. The standard InChI is InChI=1S/C4H2BrCl4NO2/c5-3(7)1(6)2(4(8)9)10(11)12/h10-11H/b3-1+. The lowest BCUT2D eigenvalue weighted by Crippen LogP contribution is -3.02. The lowest BCUT2D eigenvalue weighted by Gasteiger charge is -2.14. The molecule has 0 aromatic heterocycles. The van der Waals surface area contributed by atoms with Gasteiger partial charge in [0.1, 0.15) is 8.97 Å². The molecule has 0 rings (SSSR count). The third-order valence-corrected chi connectivity index (χ3v) is 2.45. The molecule has 0 bridgehead atoms. The molecule has 0 amide bonds. The molecule has 70 valence electrons. The minimum Gasteiger partial charge on any atom is -0.595 e. The van der Waals surface area contributed by atoms with Gasteiger partial charge in [-0.05, 0) is 15.9 Å². The number of rotatable bonds is 2. The van der Waals surface area contributed by atoms with E-state index in [0.717, 1.165) is 0 Å². The van der Waals surface area contributed by atoms with Crippen LogP contribution in [-0.2, 0) is 0 Å². The summed E-state index contributed by atoms with van der Waals surface area (Å²) in [5.41, 5.74) is -0.443. The molecule has 1 unspecified atom stereocenters. The van der Waals surface area contributed by atoms with Crippen molar-refractivity contribution in [2.75, 3.05) is 0 Å². The van der Waals surface area contributed by atoms with Crippen LogP contribution < -0.4 is 5.23 Å². The Morgan fingerprint density at radius 1 is 1.25 bits per heavy atom. The van der Waals surface area contributed by atoms with Gasteiger partial charge in [-0.15, -0.1) is 0 Å². The van der Waals surface area contributed by atoms with E-state index in [0.29, 0.717) is 0 Å². The summed E-state index contributed by atoms with van der Waals surface area (Å²) in [5, 5.41) is 17.4. The van der Waals surface area contributed by atoms with Crippen LogP contribution in [0.5, 0.6) is 0 Å². The van der Waals surface area contributed by atoms with Crippen LogP contribution in [0.1, 0.15) is 0 Å². The van der Waals surface area contributed by atoms with E-state index in [2.05, 4.69) is 15.9 Å². The van der Waals surface area contributed by atoms with E-state index in [4.69, 9.17) is 51.6 Å². The summed E-state index contributed by atoms with van der Waals surface area (Å²) in [6.45, 7) is 0. The molecular weight excluding hydrogens is 316 g/mol. The van der Waals surface area contributed by atoms with Crippen LogP contribution in [0.25, 0.3) is 0 Å². The van der Waals surface area contributed by atoms with Crippen LogP contribution in [0, 0.1) is 5.21 Å². The fourth-order valence-corrected chi connectivity index (χ4v) is 1.27. The molecule has 0 radical (unpaired) electrons. The lowest BCUT2D eigenvalue weighted by molar-refractivity contribution is -1.01. The highest BCUT2D eigenvalue weighted by Crippen LogP contribution is 2.27. The minimum atomic E-state index is -1.35. The highest BCUT2D eigenvalue weighted by molar-refractivity contribution is 9.12. The Morgan fingerprint density at radius 2 is 1.67 bits per heavy atom. The van der Waals surface area contributed by atoms with Crippen molar-refractivity contribution in [2.45, 2.75) is 0 Å². The smallest absolute Gasteiger partial charge is 0.215 e. The Kier molecular flexibility index (Phi) is 6.14. The molecule has 0 aliphatic carbocycles. The second-order valence-electron chi connectivity index (χ2n) is 1.51. The van der Waals surface area contributed by atoms with Crippen molar-refractivity contribution in [1.29, 1.82) is 0 Å². The molecule has 3 nitrogen and oxygen atoms in total. The Hall–Kier alpha value is 1.000. The zero-order valence-corrected chi connectivity index (χ0v) is 9.85. The third kappa shape index (κ3) is 3.81. The Morgan fingerprint density at radius 3 is 1.75 bits per heavy atom. The first kappa shape index (κ1) is 13.0. The molecule has 12 heavy (non-hydrogen) atoms. The average molecular weight is 318 g/mol. The summed E-state index contributed by atoms with van der Waals surface area (Å²) in [6, 6.07) is 0. The van der Waals surface area contributed by atoms with Gasteiger partial charge in [-0.25, -0.2) is 5.21 Å². The molecule has 0 aromatic carbocycles. The normalized spacial score (nSPS) is 15.2. The van der Waals surface area contributed by atoms with E-state index in [1.165, 1.54) is 0 Å². The topological polar surface area (TPSA) is 47.7 Å². The van der Waals surface area contributed by atoms with Gasteiger partial charge in [-0.2, -0.15) is 5.23 Å². The van der Waals surface area contributed by atoms with Gasteiger partial charge in [0.05, 0.1) is 0 Å². The predicted molar refractivity (Wildman–Crippen MR) is 52.5 cm³/mol. The van der Waals surface area contributed by atoms with E-state index >= 15 is 0 Å². The fraction of sp³-hybridized carbons (Fsp3) is 0. The highest BCUT2D eigenvalue weighted by Gasteiger charge is 2.17. The number of hydrogen-bond donors (Lipinski definition) is 2. The van der Waals surface area contributed by atoms with Crippen LogP contribution in [0.4, 0.5) is 0 Å². The van der Waals surface area contributed by atoms with E-state index < -0.39 is 15.4 Å². The SMILES string of the molecule is [O-][NH+](O)C(=C(Cl)Cl)/C(Cl)=C(\Cl)Br. The summed E-state index contributed by atoms with van der Waals surface area (Å²) in [4.78, 5) is 0. The number of hydrogen-bond acceptors (Lipinski definition) is 2. The van der Waals surface area contributed by atoms with Gasteiger partial charge in [-0.3, -0.25) is 0 Å².